The molecule has 1 aliphatic heterocycles. The van der Waals surface area contributed by atoms with Gasteiger partial charge in [-0.25, -0.2) is 9.97 Å². The molecule has 0 atom stereocenters. The van der Waals surface area contributed by atoms with Crippen LogP contribution in [0.4, 0.5) is 11.6 Å². The van der Waals surface area contributed by atoms with E-state index in [9.17, 15) is 4.79 Å². The molecular formula is C18H26N6O. The van der Waals surface area contributed by atoms with E-state index in [1.807, 2.05) is 37.3 Å². The molecule has 134 valence electrons. The van der Waals surface area contributed by atoms with Crippen LogP contribution in [-0.2, 0) is 6.54 Å². The van der Waals surface area contributed by atoms with Crippen LogP contribution in [-0.4, -0.2) is 59.2 Å². The Morgan fingerprint density at radius 3 is 2.72 bits per heavy atom. The molecule has 3 rings (SSSR count). The largest absolute Gasteiger partial charge is 0.367 e. The average molecular weight is 342 g/mol. The van der Waals surface area contributed by atoms with Gasteiger partial charge in [-0.15, -0.1) is 0 Å². The van der Waals surface area contributed by atoms with Crippen LogP contribution in [0.15, 0.2) is 41.6 Å². The van der Waals surface area contributed by atoms with Crippen molar-refractivity contribution in [2.24, 2.45) is 0 Å². The van der Waals surface area contributed by atoms with Gasteiger partial charge in [-0.05, 0) is 18.9 Å². The van der Waals surface area contributed by atoms with Gasteiger partial charge in [0.2, 0.25) is 0 Å². The molecular weight excluding hydrogens is 316 g/mol. The molecule has 0 bridgehead atoms. The van der Waals surface area contributed by atoms with Crippen LogP contribution in [0.5, 0.6) is 0 Å². The summed E-state index contributed by atoms with van der Waals surface area (Å²) in [5.74, 6) is 1.79. The van der Waals surface area contributed by atoms with Crippen LogP contribution in [0, 0.1) is 0 Å². The van der Waals surface area contributed by atoms with Crippen molar-refractivity contribution in [3.63, 3.8) is 0 Å². The van der Waals surface area contributed by atoms with Crippen LogP contribution >= 0.6 is 0 Å². The highest BCUT2D eigenvalue weighted by atomic mass is 16.1. The highest BCUT2D eigenvalue weighted by molar-refractivity contribution is 5.47. The molecule has 25 heavy (non-hydrogen) atoms. The zero-order valence-corrected chi connectivity index (χ0v) is 14.9. The summed E-state index contributed by atoms with van der Waals surface area (Å²) in [5, 5.41) is 3.52. The number of piperidine rings is 1. The summed E-state index contributed by atoms with van der Waals surface area (Å²) in [6, 6.07) is 7.71. The van der Waals surface area contributed by atoms with Crippen molar-refractivity contribution in [1.29, 1.82) is 0 Å². The maximum atomic E-state index is 11.7. The minimum absolute atomic E-state index is 0.0690. The van der Waals surface area contributed by atoms with Crippen molar-refractivity contribution in [3.8, 4) is 0 Å². The van der Waals surface area contributed by atoms with Crippen molar-refractivity contribution in [1.82, 2.24) is 19.4 Å². The summed E-state index contributed by atoms with van der Waals surface area (Å²) in [4.78, 5) is 24.7. The number of anilines is 2. The first-order valence-electron chi connectivity index (χ1n) is 8.75. The molecule has 3 heterocycles. The Morgan fingerprint density at radius 1 is 1.20 bits per heavy atom. The monoisotopic (exact) mass is 342 g/mol. The van der Waals surface area contributed by atoms with E-state index in [1.54, 1.807) is 23.0 Å². The van der Waals surface area contributed by atoms with E-state index >= 15 is 0 Å². The second kappa shape index (κ2) is 8.11. The molecule has 1 fully saturated rings. The molecule has 1 aliphatic rings. The molecule has 2 aromatic rings. The molecule has 2 aromatic heterocycles. The molecule has 1 saturated heterocycles. The molecule has 0 radical (unpaired) electrons. The normalized spacial score (nSPS) is 15.9. The third-order valence-corrected chi connectivity index (χ3v) is 4.61. The van der Waals surface area contributed by atoms with Crippen molar-refractivity contribution < 1.29 is 0 Å². The molecule has 0 saturated carbocycles. The van der Waals surface area contributed by atoms with Crippen LogP contribution < -0.4 is 15.8 Å². The highest BCUT2D eigenvalue weighted by Gasteiger charge is 2.19. The second-order valence-corrected chi connectivity index (χ2v) is 6.65. The number of hydrogen-bond donors (Lipinski definition) is 1. The summed E-state index contributed by atoms with van der Waals surface area (Å²) in [6.07, 6.45) is 5.61. The van der Waals surface area contributed by atoms with Gasteiger partial charge in [-0.2, -0.15) is 0 Å². The van der Waals surface area contributed by atoms with Crippen LogP contribution in [0.25, 0.3) is 0 Å². The van der Waals surface area contributed by atoms with Gasteiger partial charge in [0.15, 0.2) is 0 Å². The minimum atomic E-state index is 0.0690. The predicted molar refractivity (Wildman–Crippen MR) is 100 cm³/mol. The van der Waals surface area contributed by atoms with Gasteiger partial charge in [0.05, 0.1) is 0 Å². The zero-order chi connectivity index (χ0) is 17.6. The smallest absolute Gasteiger partial charge is 0.250 e. The van der Waals surface area contributed by atoms with Gasteiger partial charge < -0.3 is 19.7 Å². The Balaban J connectivity index is 1.46. The number of nitrogens with zero attached hydrogens (tertiary/aromatic N) is 5. The fourth-order valence-corrected chi connectivity index (χ4v) is 3.08. The lowest BCUT2D eigenvalue weighted by Gasteiger charge is -2.32. The number of likely N-dealkylation sites (tertiary alicyclic amines) is 1. The number of rotatable bonds is 6. The molecule has 7 heteroatoms. The minimum Gasteiger partial charge on any atom is -0.367 e. The molecule has 7 nitrogen and oxygen atoms in total. The van der Waals surface area contributed by atoms with E-state index in [4.69, 9.17) is 0 Å². The molecule has 0 unspecified atom stereocenters. The van der Waals surface area contributed by atoms with Gasteiger partial charge in [0, 0.05) is 64.6 Å². The van der Waals surface area contributed by atoms with Crippen LogP contribution in [0.2, 0.25) is 0 Å². The maximum absolute atomic E-state index is 11.7. The fourth-order valence-electron chi connectivity index (χ4n) is 3.08. The average Bonchev–Trinajstić information content (AvgIpc) is 2.62. The van der Waals surface area contributed by atoms with Crippen LogP contribution in [0.3, 0.4) is 0 Å². The summed E-state index contributed by atoms with van der Waals surface area (Å²) in [7, 11) is 3.95. The summed E-state index contributed by atoms with van der Waals surface area (Å²) in [5.41, 5.74) is 0.0690. The standard InChI is InChI=1S/C18H26N6O/c1-22(2)17-13-16(19-14-20-17)21-15-6-9-23(10-7-15)11-12-24-8-4-3-5-18(24)25/h3-5,8,13-15H,6-7,9-12H2,1-2H3,(H,19,20,21). The van der Waals surface area contributed by atoms with Gasteiger partial charge in [-0.3, -0.25) is 4.79 Å². The first-order valence-corrected chi connectivity index (χ1v) is 8.75. The highest BCUT2D eigenvalue weighted by Crippen LogP contribution is 2.17. The van der Waals surface area contributed by atoms with Crippen molar-refractivity contribution in [2.75, 3.05) is 43.9 Å². The summed E-state index contributed by atoms with van der Waals surface area (Å²) < 4.78 is 1.77. The quantitative estimate of drug-likeness (QED) is 0.853. The molecule has 0 amide bonds. The van der Waals surface area contributed by atoms with Crippen molar-refractivity contribution >= 4 is 11.6 Å². The topological polar surface area (TPSA) is 66.3 Å². The lowest BCUT2D eigenvalue weighted by Crippen LogP contribution is -2.41. The van der Waals surface area contributed by atoms with Gasteiger partial charge in [-0.1, -0.05) is 6.07 Å². The summed E-state index contributed by atoms with van der Waals surface area (Å²) >= 11 is 0. The zero-order valence-electron chi connectivity index (χ0n) is 14.9. The summed E-state index contributed by atoms with van der Waals surface area (Å²) in [6.45, 7) is 3.72. The lowest BCUT2D eigenvalue weighted by atomic mass is 10.1. The van der Waals surface area contributed by atoms with E-state index in [0.717, 1.165) is 50.7 Å². The van der Waals surface area contributed by atoms with E-state index in [1.165, 1.54) is 0 Å². The number of hydrogen-bond acceptors (Lipinski definition) is 6. The van der Waals surface area contributed by atoms with E-state index in [-0.39, 0.29) is 5.56 Å². The van der Waals surface area contributed by atoms with E-state index in [0.29, 0.717) is 6.04 Å². The van der Waals surface area contributed by atoms with Crippen LogP contribution in [0.1, 0.15) is 12.8 Å². The maximum Gasteiger partial charge on any atom is 0.250 e. The first-order chi connectivity index (χ1) is 12.1. The number of pyridine rings is 1. The van der Waals surface area contributed by atoms with Crippen molar-refractivity contribution in [3.05, 3.63) is 47.1 Å². The van der Waals surface area contributed by atoms with Gasteiger partial charge in [0.1, 0.15) is 18.0 Å². The molecule has 1 N–H and O–H groups in total. The first kappa shape index (κ1) is 17.4. The Kier molecular flexibility index (Phi) is 5.65. The third kappa shape index (κ3) is 4.79. The molecule has 0 aromatic carbocycles. The third-order valence-electron chi connectivity index (χ3n) is 4.61. The molecule has 0 aliphatic carbocycles. The Bertz CT molecular complexity index is 736. The Labute approximate surface area is 148 Å². The van der Waals surface area contributed by atoms with E-state index < -0.39 is 0 Å². The lowest BCUT2D eigenvalue weighted by molar-refractivity contribution is 0.211. The van der Waals surface area contributed by atoms with Gasteiger partial charge >= 0.3 is 0 Å². The van der Waals surface area contributed by atoms with Gasteiger partial charge in [0.25, 0.3) is 5.56 Å². The van der Waals surface area contributed by atoms with E-state index in [2.05, 4.69) is 20.2 Å². The van der Waals surface area contributed by atoms with Crippen molar-refractivity contribution in [2.45, 2.75) is 25.4 Å². The fraction of sp³-hybridized carbons (Fsp3) is 0.500. The number of aromatic nitrogens is 3. The SMILES string of the molecule is CN(C)c1cc(NC2CCN(CCn3ccccc3=O)CC2)ncn1. The second-order valence-electron chi connectivity index (χ2n) is 6.65. The Hall–Kier alpha value is -2.41. The number of nitrogens with one attached hydrogen (secondary N) is 1. The predicted octanol–water partition coefficient (Wildman–Crippen LogP) is 1.28. The Morgan fingerprint density at radius 2 is 2.00 bits per heavy atom. The molecule has 0 spiro atoms.